The summed E-state index contributed by atoms with van der Waals surface area (Å²) < 4.78 is 10.1. The van der Waals surface area contributed by atoms with E-state index in [0.29, 0.717) is 32.3 Å². The summed E-state index contributed by atoms with van der Waals surface area (Å²) in [6, 6.07) is 0. The molecule has 0 radical (unpaired) electrons. The van der Waals surface area contributed by atoms with Crippen LogP contribution >= 0.6 is 0 Å². The second-order valence-corrected chi connectivity index (χ2v) is 6.69. The molecule has 5 nitrogen and oxygen atoms in total. The van der Waals surface area contributed by atoms with Crippen molar-refractivity contribution in [1.82, 2.24) is 0 Å². The number of Topliss-reactive ketones (excluding diaryl/α,β-unsaturated/α-hetero) is 1. The first-order valence-corrected chi connectivity index (χ1v) is 7.95. The Kier molecular flexibility index (Phi) is 9.70. The Morgan fingerprint density at radius 1 is 0.909 bits per heavy atom. The number of ether oxygens (including phenoxy) is 2. The number of unbranched alkanes of at least 4 members (excludes halogenated alkanes) is 1. The zero-order valence-corrected chi connectivity index (χ0v) is 14.6. The minimum absolute atomic E-state index is 0.126. The van der Waals surface area contributed by atoms with E-state index in [1.54, 1.807) is 0 Å². The van der Waals surface area contributed by atoms with Crippen LogP contribution in [0, 0.1) is 5.41 Å². The molecular weight excluding hydrogens is 284 g/mol. The van der Waals surface area contributed by atoms with E-state index in [4.69, 9.17) is 9.47 Å². The molecule has 0 aromatic heterocycles. The summed E-state index contributed by atoms with van der Waals surface area (Å²) in [4.78, 5) is 33.5. The van der Waals surface area contributed by atoms with Gasteiger partial charge in [0.1, 0.15) is 11.9 Å². The van der Waals surface area contributed by atoms with Crippen LogP contribution in [0.3, 0.4) is 0 Å². The average molecular weight is 314 g/mol. The highest BCUT2D eigenvalue weighted by Crippen LogP contribution is 2.26. The lowest BCUT2D eigenvalue weighted by Crippen LogP contribution is -2.31. The highest BCUT2D eigenvalue weighted by Gasteiger charge is 2.27. The van der Waals surface area contributed by atoms with Gasteiger partial charge >= 0.3 is 11.9 Å². The van der Waals surface area contributed by atoms with Crippen molar-refractivity contribution in [1.29, 1.82) is 0 Å². The standard InChI is InChI=1S/C17H30O5/c1-13(18)21-12-7-6-9-15(20)10-8-11-16(17(3,4)5)22-14(2)19/h16H,6-12H2,1-5H3. The number of carbonyl (C=O) groups is 3. The van der Waals surface area contributed by atoms with Crippen LogP contribution in [-0.4, -0.2) is 30.4 Å². The fourth-order valence-corrected chi connectivity index (χ4v) is 2.12. The van der Waals surface area contributed by atoms with Crippen LogP contribution in [0.4, 0.5) is 0 Å². The molecule has 22 heavy (non-hydrogen) atoms. The molecule has 0 spiro atoms. The van der Waals surface area contributed by atoms with Crippen molar-refractivity contribution >= 4 is 17.7 Å². The molecule has 0 fully saturated rings. The fraction of sp³-hybridized carbons (Fsp3) is 0.824. The number of hydrogen-bond donors (Lipinski definition) is 0. The van der Waals surface area contributed by atoms with Crippen LogP contribution in [0.1, 0.15) is 73.1 Å². The van der Waals surface area contributed by atoms with E-state index in [1.807, 2.05) is 20.8 Å². The molecule has 0 aliphatic rings. The molecule has 0 aliphatic heterocycles. The van der Waals surface area contributed by atoms with E-state index in [1.165, 1.54) is 13.8 Å². The van der Waals surface area contributed by atoms with Gasteiger partial charge in [-0.3, -0.25) is 14.4 Å². The first-order chi connectivity index (χ1) is 10.1. The molecule has 0 saturated heterocycles. The Bertz CT molecular complexity index is 368. The molecule has 0 aliphatic carbocycles. The molecule has 0 amide bonds. The SMILES string of the molecule is CC(=O)OCCCCC(=O)CCCC(OC(C)=O)C(C)(C)C. The first kappa shape index (κ1) is 20.6. The van der Waals surface area contributed by atoms with Crippen LogP contribution in [0.5, 0.6) is 0 Å². The van der Waals surface area contributed by atoms with Gasteiger partial charge < -0.3 is 9.47 Å². The van der Waals surface area contributed by atoms with Crippen molar-refractivity contribution < 1.29 is 23.9 Å². The largest absolute Gasteiger partial charge is 0.466 e. The third kappa shape index (κ3) is 11.3. The van der Waals surface area contributed by atoms with E-state index in [-0.39, 0.29) is 29.2 Å². The molecule has 0 aromatic rings. The van der Waals surface area contributed by atoms with E-state index < -0.39 is 0 Å². The Morgan fingerprint density at radius 2 is 1.50 bits per heavy atom. The maximum absolute atomic E-state index is 11.8. The highest BCUT2D eigenvalue weighted by molar-refractivity contribution is 5.78. The first-order valence-electron chi connectivity index (χ1n) is 7.95. The van der Waals surface area contributed by atoms with Crippen molar-refractivity contribution in [3.05, 3.63) is 0 Å². The van der Waals surface area contributed by atoms with Gasteiger partial charge in [0.05, 0.1) is 6.61 Å². The Morgan fingerprint density at radius 3 is 2.00 bits per heavy atom. The number of carbonyl (C=O) groups excluding carboxylic acids is 3. The molecule has 5 heteroatoms. The van der Waals surface area contributed by atoms with Crippen LogP contribution in [0.2, 0.25) is 0 Å². The van der Waals surface area contributed by atoms with Gasteiger partial charge in [0.15, 0.2) is 0 Å². The molecule has 0 heterocycles. The summed E-state index contributed by atoms with van der Waals surface area (Å²) >= 11 is 0. The predicted molar refractivity (Wildman–Crippen MR) is 84.4 cm³/mol. The highest BCUT2D eigenvalue weighted by atomic mass is 16.5. The molecule has 1 atom stereocenters. The van der Waals surface area contributed by atoms with Gasteiger partial charge in [0.25, 0.3) is 0 Å². The van der Waals surface area contributed by atoms with Gasteiger partial charge in [-0.1, -0.05) is 20.8 Å². The number of esters is 2. The van der Waals surface area contributed by atoms with Crippen LogP contribution in [0.15, 0.2) is 0 Å². The molecule has 0 aromatic carbocycles. The molecular formula is C17H30O5. The van der Waals surface area contributed by atoms with Gasteiger partial charge in [-0.2, -0.15) is 0 Å². The summed E-state index contributed by atoms with van der Waals surface area (Å²) in [6.45, 7) is 9.24. The fourth-order valence-electron chi connectivity index (χ4n) is 2.12. The Balaban J connectivity index is 3.89. The predicted octanol–water partition coefficient (Wildman–Crippen LogP) is 3.44. The van der Waals surface area contributed by atoms with Crippen LogP contribution in [0.25, 0.3) is 0 Å². The molecule has 1 unspecified atom stereocenters. The van der Waals surface area contributed by atoms with Crippen LogP contribution in [-0.2, 0) is 23.9 Å². The second kappa shape index (κ2) is 10.4. The summed E-state index contributed by atoms with van der Waals surface area (Å²) in [5.74, 6) is -0.361. The summed E-state index contributed by atoms with van der Waals surface area (Å²) in [7, 11) is 0. The summed E-state index contributed by atoms with van der Waals surface area (Å²) in [5, 5.41) is 0. The van der Waals surface area contributed by atoms with Crippen molar-refractivity contribution in [2.75, 3.05) is 6.61 Å². The van der Waals surface area contributed by atoms with E-state index >= 15 is 0 Å². The lowest BCUT2D eigenvalue weighted by molar-refractivity contribution is -0.152. The maximum Gasteiger partial charge on any atom is 0.302 e. The summed E-state index contributed by atoms with van der Waals surface area (Å²) in [5.41, 5.74) is -0.126. The molecule has 0 bridgehead atoms. The van der Waals surface area contributed by atoms with Crippen LogP contribution < -0.4 is 0 Å². The van der Waals surface area contributed by atoms with E-state index in [2.05, 4.69) is 0 Å². The lowest BCUT2D eigenvalue weighted by Gasteiger charge is -2.30. The number of ketones is 1. The van der Waals surface area contributed by atoms with E-state index in [9.17, 15) is 14.4 Å². The summed E-state index contributed by atoms with van der Waals surface area (Å²) in [6.07, 6.45) is 3.71. The van der Waals surface area contributed by atoms with Crippen molar-refractivity contribution in [2.45, 2.75) is 79.2 Å². The molecule has 0 N–H and O–H groups in total. The Labute approximate surface area is 133 Å². The number of rotatable bonds is 10. The van der Waals surface area contributed by atoms with Crippen molar-refractivity contribution in [2.24, 2.45) is 5.41 Å². The normalized spacial score (nSPS) is 12.6. The van der Waals surface area contributed by atoms with Crippen molar-refractivity contribution in [3.8, 4) is 0 Å². The third-order valence-corrected chi connectivity index (χ3v) is 3.35. The van der Waals surface area contributed by atoms with Crippen molar-refractivity contribution in [3.63, 3.8) is 0 Å². The van der Waals surface area contributed by atoms with Gasteiger partial charge in [-0.15, -0.1) is 0 Å². The lowest BCUT2D eigenvalue weighted by atomic mass is 9.85. The molecule has 0 saturated carbocycles. The quantitative estimate of drug-likeness (QED) is 0.456. The molecule has 0 rings (SSSR count). The Hall–Kier alpha value is -1.39. The second-order valence-electron chi connectivity index (χ2n) is 6.69. The smallest absolute Gasteiger partial charge is 0.302 e. The maximum atomic E-state index is 11.8. The average Bonchev–Trinajstić information content (AvgIpc) is 2.35. The third-order valence-electron chi connectivity index (χ3n) is 3.35. The van der Waals surface area contributed by atoms with E-state index in [0.717, 1.165) is 12.8 Å². The topological polar surface area (TPSA) is 69.7 Å². The zero-order valence-electron chi connectivity index (χ0n) is 14.6. The number of hydrogen-bond acceptors (Lipinski definition) is 5. The molecule has 128 valence electrons. The van der Waals surface area contributed by atoms with Gasteiger partial charge in [-0.05, 0) is 31.1 Å². The van der Waals surface area contributed by atoms with Gasteiger partial charge in [0, 0.05) is 26.7 Å². The minimum atomic E-state index is -0.287. The zero-order chi connectivity index (χ0) is 17.2. The van der Waals surface area contributed by atoms with Gasteiger partial charge in [-0.25, -0.2) is 0 Å². The minimum Gasteiger partial charge on any atom is -0.466 e. The van der Waals surface area contributed by atoms with Gasteiger partial charge in [0.2, 0.25) is 0 Å². The monoisotopic (exact) mass is 314 g/mol.